The number of nitrogens with one attached hydrogen (secondary N) is 1. The van der Waals surface area contributed by atoms with Gasteiger partial charge in [0.2, 0.25) is 21.8 Å². The predicted molar refractivity (Wildman–Crippen MR) is 142 cm³/mol. The number of aromatic nitrogens is 1. The Morgan fingerprint density at radius 2 is 1.68 bits per heavy atom. The number of nitrogens with zero attached hydrogens (tertiary/aromatic N) is 3. The van der Waals surface area contributed by atoms with Crippen molar-refractivity contribution in [2.45, 2.75) is 44.3 Å². The minimum atomic E-state index is -3.82. The summed E-state index contributed by atoms with van der Waals surface area (Å²) in [6.45, 7) is 5.61. The van der Waals surface area contributed by atoms with Crippen molar-refractivity contribution in [2.24, 2.45) is 5.92 Å². The maximum absolute atomic E-state index is 13.4. The Balaban J connectivity index is 1.52. The van der Waals surface area contributed by atoms with E-state index in [1.165, 1.54) is 16.4 Å². The highest BCUT2D eigenvalue weighted by atomic mass is 32.2. The topological polar surface area (TPSA) is 99.7 Å². The molecule has 1 aliphatic rings. The molecule has 1 saturated heterocycles. The van der Waals surface area contributed by atoms with E-state index in [2.05, 4.69) is 10.3 Å². The molecule has 8 nitrogen and oxygen atoms in total. The second kappa shape index (κ2) is 11.2. The molecule has 1 N–H and O–H groups in total. The summed E-state index contributed by atoms with van der Waals surface area (Å²) in [6.07, 6.45) is 3.51. The first kappa shape index (κ1) is 26.5. The van der Waals surface area contributed by atoms with Crippen LogP contribution in [-0.2, 0) is 26.2 Å². The molecule has 0 aliphatic carbocycles. The van der Waals surface area contributed by atoms with Crippen LogP contribution in [0.5, 0.6) is 0 Å². The molecule has 0 bridgehead atoms. The number of sulfonamides is 1. The predicted octanol–water partition coefficient (Wildman–Crippen LogP) is 3.31. The molecule has 0 radical (unpaired) electrons. The van der Waals surface area contributed by atoms with Gasteiger partial charge in [0.1, 0.15) is 6.04 Å². The van der Waals surface area contributed by atoms with E-state index in [1.54, 1.807) is 56.3 Å². The summed E-state index contributed by atoms with van der Waals surface area (Å²) in [4.78, 5) is 32.3. The third-order valence-electron chi connectivity index (χ3n) is 6.50. The summed E-state index contributed by atoms with van der Waals surface area (Å²) in [5.41, 5.74) is 2.90. The van der Waals surface area contributed by atoms with E-state index < -0.39 is 22.1 Å². The summed E-state index contributed by atoms with van der Waals surface area (Å²) in [7, 11) is -3.82. The van der Waals surface area contributed by atoms with E-state index in [-0.39, 0.29) is 42.3 Å². The van der Waals surface area contributed by atoms with Gasteiger partial charge in [-0.2, -0.15) is 4.31 Å². The average Bonchev–Trinajstić information content (AvgIpc) is 2.92. The molecule has 2 amide bonds. The number of hydrogen-bond acceptors (Lipinski definition) is 5. The molecule has 37 heavy (non-hydrogen) atoms. The van der Waals surface area contributed by atoms with Crippen LogP contribution < -0.4 is 5.32 Å². The third-order valence-corrected chi connectivity index (χ3v) is 8.35. The van der Waals surface area contributed by atoms with Gasteiger partial charge >= 0.3 is 0 Å². The van der Waals surface area contributed by atoms with Gasteiger partial charge in [0, 0.05) is 44.0 Å². The summed E-state index contributed by atoms with van der Waals surface area (Å²) >= 11 is 0. The summed E-state index contributed by atoms with van der Waals surface area (Å²) in [5.74, 6) is -0.884. The van der Waals surface area contributed by atoms with Gasteiger partial charge in [-0.25, -0.2) is 8.42 Å². The smallest absolute Gasteiger partial charge is 0.244 e. The van der Waals surface area contributed by atoms with Crippen LogP contribution in [0.1, 0.15) is 26.3 Å². The van der Waals surface area contributed by atoms with Crippen LogP contribution in [0.4, 0.5) is 0 Å². The number of rotatable bonds is 7. The molecule has 0 saturated carbocycles. The molecule has 194 valence electrons. The van der Waals surface area contributed by atoms with E-state index >= 15 is 0 Å². The van der Waals surface area contributed by atoms with Gasteiger partial charge in [-0.15, -0.1) is 0 Å². The van der Waals surface area contributed by atoms with Crippen molar-refractivity contribution >= 4 is 21.8 Å². The molecule has 3 aromatic rings. The van der Waals surface area contributed by atoms with E-state index in [0.717, 1.165) is 16.7 Å². The number of amides is 2. The Bertz CT molecular complexity index is 1330. The summed E-state index contributed by atoms with van der Waals surface area (Å²) < 4.78 is 28.0. The molecule has 2 aromatic carbocycles. The standard InChI is InChI=1S/C28H32N4O4S/c1-20(2)28(34)32-21(3)18-31(37(35,36)25-9-5-4-6-10-25)19-26(32)27(33)30-16-22-11-13-23(14-12-22)24-8-7-15-29-17-24/h4-15,17,20-21,26H,16,18-19H2,1-3H3,(H,30,33). The summed E-state index contributed by atoms with van der Waals surface area (Å²) in [6, 6.07) is 18.4. The number of carbonyl (C=O) groups is 2. The van der Waals surface area contributed by atoms with Gasteiger partial charge in [0.25, 0.3) is 0 Å². The zero-order chi connectivity index (χ0) is 26.6. The largest absolute Gasteiger partial charge is 0.350 e. The SMILES string of the molecule is CC(C)C(=O)N1C(C)CN(S(=O)(=O)c2ccccc2)CC1C(=O)NCc1ccc(-c2cccnc2)cc1. The fourth-order valence-corrected chi connectivity index (χ4v) is 6.07. The summed E-state index contributed by atoms with van der Waals surface area (Å²) in [5, 5.41) is 2.92. The number of hydrogen-bond donors (Lipinski definition) is 1. The van der Waals surface area contributed by atoms with Gasteiger partial charge in [0.15, 0.2) is 0 Å². The number of pyridine rings is 1. The lowest BCUT2D eigenvalue weighted by molar-refractivity contribution is -0.148. The Labute approximate surface area is 218 Å². The van der Waals surface area contributed by atoms with Crippen molar-refractivity contribution < 1.29 is 18.0 Å². The molecule has 1 fully saturated rings. The molecule has 1 aliphatic heterocycles. The molecule has 2 unspecified atom stereocenters. The maximum atomic E-state index is 13.4. The molecule has 0 spiro atoms. The van der Waals surface area contributed by atoms with Crippen molar-refractivity contribution in [1.29, 1.82) is 0 Å². The lowest BCUT2D eigenvalue weighted by atomic mass is 10.0. The first-order chi connectivity index (χ1) is 17.7. The first-order valence-electron chi connectivity index (χ1n) is 12.3. The van der Waals surface area contributed by atoms with Gasteiger partial charge in [0.05, 0.1) is 4.90 Å². The zero-order valence-electron chi connectivity index (χ0n) is 21.2. The average molecular weight is 521 g/mol. The Morgan fingerprint density at radius 1 is 0.973 bits per heavy atom. The van der Waals surface area contributed by atoms with Crippen LogP contribution in [0, 0.1) is 5.92 Å². The van der Waals surface area contributed by atoms with Crippen LogP contribution in [0.2, 0.25) is 0 Å². The number of piperazine rings is 1. The van der Waals surface area contributed by atoms with Crippen molar-refractivity contribution in [2.75, 3.05) is 13.1 Å². The highest BCUT2D eigenvalue weighted by Crippen LogP contribution is 2.25. The fourth-order valence-electron chi connectivity index (χ4n) is 4.52. The van der Waals surface area contributed by atoms with Gasteiger partial charge in [-0.05, 0) is 41.8 Å². The highest BCUT2D eigenvalue weighted by Gasteiger charge is 2.43. The Kier molecular flexibility index (Phi) is 8.04. The van der Waals surface area contributed by atoms with E-state index in [9.17, 15) is 18.0 Å². The van der Waals surface area contributed by atoms with Gasteiger partial charge in [-0.1, -0.05) is 62.4 Å². The molecule has 2 atom stereocenters. The second-order valence-electron chi connectivity index (χ2n) is 9.56. The normalized spacial score (nSPS) is 18.5. The van der Waals surface area contributed by atoms with Crippen LogP contribution >= 0.6 is 0 Å². The lowest BCUT2D eigenvalue weighted by Crippen LogP contribution is -2.65. The van der Waals surface area contributed by atoms with Crippen molar-refractivity contribution in [3.63, 3.8) is 0 Å². The van der Waals surface area contributed by atoms with Crippen molar-refractivity contribution in [1.82, 2.24) is 19.5 Å². The molecular weight excluding hydrogens is 488 g/mol. The van der Waals surface area contributed by atoms with Gasteiger partial charge in [-0.3, -0.25) is 14.6 Å². The Morgan fingerprint density at radius 3 is 2.30 bits per heavy atom. The minimum Gasteiger partial charge on any atom is -0.350 e. The van der Waals surface area contributed by atoms with Crippen molar-refractivity contribution in [3.8, 4) is 11.1 Å². The molecule has 4 rings (SSSR count). The van der Waals surface area contributed by atoms with Crippen LogP contribution in [0.25, 0.3) is 11.1 Å². The fraction of sp³-hybridized carbons (Fsp3) is 0.321. The Hall–Kier alpha value is -3.56. The maximum Gasteiger partial charge on any atom is 0.244 e. The second-order valence-corrected chi connectivity index (χ2v) is 11.5. The molecule has 9 heteroatoms. The van der Waals surface area contributed by atoms with E-state index in [1.807, 2.05) is 36.4 Å². The first-order valence-corrected chi connectivity index (χ1v) is 13.8. The van der Waals surface area contributed by atoms with E-state index in [0.29, 0.717) is 0 Å². The quantitative estimate of drug-likeness (QED) is 0.515. The van der Waals surface area contributed by atoms with E-state index in [4.69, 9.17) is 0 Å². The third kappa shape index (κ3) is 5.89. The molecular formula is C28H32N4O4S. The van der Waals surface area contributed by atoms with Crippen molar-refractivity contribution in [3.05, 3.63) is 84.7 Å². The lowest BCUT2D eigenvalue weighted by Gasteiger charge is -2.44. The molecule has 1 aromatic heterocycles. The van der Waals surface area contributed by atoms with Gasteiger partial charge < -0.3 is 10.2 Å². The van der Waals surface area contributed by atoms with Crippen LogP contribution in [0.3, 0.4) is 0 Å². The highest BCUT2D eigenvalue weighted by molar-refractivity contribution is 7.89. The monoisotopic (exact) mass is 520 g/mol. The minimum absolute atomic E-state index is 0.105. The molecule has 2 heterocycles. The zero-order valence-corrected chi connectivity index (χ0v) is 22.1. The number of benzene rings is 2. The van der Waals surface area contributed by atoms with Crippen LogP contribution in [-0.4, -0.2) is 59.6 Å². The van der Waals surface area contributed by atoms with Crippen LogP contribution in [0.15, 0.2) is 84.0 Å². The number of carbonyl (C=O) groups excluding carboxylic acids is 2.